The summed E-state index contributed by atoms with van der Waals surface area (Å²) in [5.41, 5.74) is 6.90. The molecule has 1 heterocycles. The van der Waals surface area contributed by atoms with Gasteiger partial charge in [-0.2, -0.15) is 4.37 Å². The third-order valence-electron chi connectivity index (χ3n) is 3.72. The molecule has 18 heavy (non-hydrogen) atoms. The molecule has 0 aromatic carbocycles. The van der Waals surface area contributed by atoms with Crippen molar-refractivity contribution in [3.05, 3.63) is 11.3 Å². The zero-order valence-electron chi connectivity index (χ0n) is 10.9. The summed E-state index contributed by atoms with van der Waals surface area (Å²) in [4.78, 5) is 12.1. The second-order valence-corrected chi connectivity index (χ2v) is 5.71. The lowest BCUT2D eigenvalue weighted by molar-refractivity contribution is 0.000771. The Morgan fingerprint density at radius 2 is 2.22 bits per heavy atom. The minimum atomic E-state index is -0.302. The molecule has 0 spiro atoms. The average molecular weight is 268 g/mol. The van der Waals surface area contributed by atoms with E-state index in [1.807, 2.05) is 0 Å². The Morgan fingerprint density at radius 1 is 1.50 bits per heavy atom. The second-order valence-electron chi connectivity index (χ2n) is 4.90. The van der Waals surface area contributed by atoms with Gasteiger partial charge in [-0.3, -0.25) is 0 Å². The minimum Gasteiger partial charge on any atom is -0.458 e. The number of esters is 1. The van der Waals surface area contributed by atoms with Gasteiger partial charge in [-0.25, -0.2) is 4.79 Å². The summed E-state index contributed by atoms with van der Waals surface area (Å²) in [5.74, 6) is 0.194. The monoisotopic (exact) mass is 268 g/mol. The number of nitrogens with two attached hydrogens (primary N) is 1. The molecule has 1 aliphatic rings. The normalized spacial score (nSPS) is 23.9. The van der Waals surface area contributed by atoms with Gasteiger partial charge < -0.3 is 10.5 Å². The van der Waals surface area contributed by atoms with Crippen LogP contribution in [0.4, 0.5) is 5.00 Å². The van der Waals surface area contributed by atoms with E-state index in [-0.39, 0.29) is 12.1 Å². The number of carbonyl (C=O) groups excluding carboxylic acids is 1. The van der Waals surface area contributed by atoms with Crippen LogP contribution in [-0.4, -0.2) is 16.4 Å². The maximum Gasteiger partial charge on any atom is 0.343 e. The van der Waals surface area contributed by atoms with Crippen LogP contribution in [-0.2, 0) is 4.74 Å². The van der Waals surface area contributed by atoms with Crippen LogP contribution in [0.2, 0.25) is 0 Å². The number of aryl methyl sites for hydroxylation is 1. The number of anilines is 1. The highest BCUT2D eigenvalue weighted by Gasteiger charge is 2.29. The molecule has 1 aliphatic carbocycles. The highest BCUT2D eigenvalue weighted by Crippen LogP contribution is 2.31. The number of hydrogen-bond acceptors (Lipinski definition) is 5. The molecule has 2 rings (SSSR count). The molecular weight excluding hydrogens is 248 g/mol. The van der Waals surface area contributed by atoms with E-state index in [4.69, 9.17) is 10.5 Å². The van der Waals surface area contributed by atoms with Crippen molar-refractivity contribution < 1.29 is 9.53 Å². The van der Waals surface area contributed by atoms with Crippen LogP contribution in [0.5, 0.6) is 0 Å². The molecule has 0 bridgehead atoms. The Labute approximate surface area is 112 Å². The van der Waals surface area contributed by atoms with Crippen molar-refractivity contribution in [2.24, 2.45) is 5.92 Å². The molecule has 0 radical (unpaired) electrons. The molecule has 0 aliphatic heterocycles. The Morgan fingerprint density at radius 3 is 2.83 bits per heavy atom. The van der Waals surface area contributed by atoms with E-state index in [1.165, 1.54) is 6.42 Å². The van der Waals surface area contributed by atoms with Crippen LogP contribution in [0.1, 0.15) is 55.1 Å². The molecule has 0 saturated heterocycles. The van der Waals surface area contributed by atoms with Crippen molar-refractivity contribution >= 4 is 22.5 Å². The summed E-state index contributed by atoms with van der Waals surface area (Å²) in [5, 5.41) is 0.460. The number of ether oxygens (including phenoxy) is 1. The fourth-order valence-electron chi connectivity index (χ4n) is 2.63. The zero-order valence-corrected chi connectivity index (χ0v) is 11.8. The lowest BCUT2D eigenvalue weighted by atomic mass is 9.85. The van der Waals surface area contributed by atoms with E-state index < -0.39 is 0 Å². The first-order valence-electron chi connectivity index (χ1n) is 6.56. The van der Waals surface area contributed by atoms with Gasteiger partial charge in [-0.1, -0.05) is 13.3 Å². The van der Waals surface area contributed by atoms with Crippen LogP contribution in [0.25, 0.3) is 0 Å². The summed E-state index contributed by atoms with van der Waals surface area (Å²) < 4.78 is 9.73. The zero-order chi connectivity index (χ0) is 13.1. The van der Waals surface area contributed by atoms with Crippen LogP contribution in [0.3, 0.4) is 0 Å². The molecular formula is C13H20N2O2S. The smallest absolute Gasteiger partial charge is 0.343 e. The van der Waals surface area contributed by atoms with Gasteiger partial charge in [-0.15, -0.1) is 0 Å². The SMILES string of the molecule is CCC1CCCCC1OC(=O)c1c(C)nsc1N. The fourth-order valence-corrected chi connectivity index (χ4v) is 3.28. The van der Waals surface area contributed by atoms with Crippen molar-refractivity contribution in [2.75, 3.05) is 5.73 Å². The largest absolute Gasteiger partial charge is 0.458 e. The standard InChI is InChI=1S/C13H20N2O2S/c1-3-9-6-4-5-7-10(9)17-13(16)11-8(2)15-18-12(11)14/h9-10H,3-7,14H2,1-2H3. The van der Waals surface area contributed by atoms with E-state index in [0.717, 1.165) is 37.2 Å². The van der Waals surface area contributed by atoms with Crippen LogP contribution in [0, 0.1) is 12.8 Å². The summed E-state index contributed by atoms with van der Waals surface area (Å²) in [6.07, 6.45) is 5.63. The van der Waals surface area contributed by atoms with Gasteiger partial charge in [-0.05, 0) is 50.1 Å². The molecule has 1 fully saturated rings. The molecule has 4 nitrogen and oxygen atoms in total. The van der Waals surface area contributed by atoms with Crippen molar-refractivity contribution in [3.63, 3.8) is 0 Å². The van der Waals surface area contributed by atoms with E-state index >= 15 is 0 Å². The van der Waals surface area contributed by atoms with E-state index in [9.17, 15) is 4.79 Å². The number of rotatable bonds is 3. The van der Waals surface area contributed by atoms with E-state index in [1.54, 1.807) is 6.92 Å². The van der Waals surface area contributed by atoms with Gasteiger partial charge in [0, 0.05) is 0 Å². The molecule has 1 aromatic rings. The summed E-state index contributed by atoms with van der Waals surface area (Å²) in [7, 11) is 0. The molecule has 100 valence electrons. The topological polar surface area (TPSA) is 65.2 Å². The fraction of sp³-hybridized carbons (Fsp3) is 0.692. The first-order valence-corrected chi connectivity index (χ1v) is 7.33. The highest BCUT2D eigenvalue weighted by molar-refractivity contribution is 7.10. The van der Waals surface area contributed by atoms with Crippen molar-refractivity contribution in [1.82, 2.24) is 4.37 Å². The summed E-state index contributed by atoms with van der Waals surface area (Å²) >= 11 is 1.15. The number of carbonyl (C=O) groups is 1. The third-order valence-corrected chi connectivity index (χ3v) is 4.48. The van der Waals surface area contributed by atoms with Gasteiger partial charge in [0.1, 0.15) is 16.7 Å². The number of nitrogens with zero attached hydrogens (tertiary/aromatic N) is 1. The van der Waals surface area contributed by atoms with E-state index in [0.29, 0.717) is 22.2 Å². The molecule has 2 unspecified atom stereocenters. The lowest BCUT2D eigenvalue weighted by Gasteiger charge is -2.30. The van der Waals surface area contributed by atoms with Gasteiger partial charge >= 0.3 is 5.97 Å². The molecule has 5 heteroatoms. The van der Waals surface area contributed by atoms with Gasteiger partial charge in [0.2, 0.25) is 0 Å². The predicted molar refractivity (Wildman–Crippen MR) is 72.7 cm³/mol. The quantitative estimate of drug-likeness (QED) is 0.855. The Hall–Kier alpha value is -1.10. The predicted octanol–water partition coefficient (Wildman–Crippen LogP) is 3.16. The molecule has 0 amide bonds. The first kappa shape index (κ1) is 13.3. The maximum absolute atomic E-state index is 12.1. The molecule has 2 N–H and O–H groups in total. The Bertz CT molecular complexity index is 411. The van der Waals surface area contributed by atoms with Gasteiger partial charge in [0.05, 0.1) is 5.69 Å². The molecule has 1 saturated carbocycles. The van der Waals surface area contributed by atoms with Crippen LogP contribution in [0.15, 0.2) is 0 Å². The lowest BCUT2D eigenvalue weighted by Crippen LogP contribution is -2.30. The number of aromatic nitrogens is 1. The first-order chi connectivity index (χ1) is 8.63. The van der Waals surface area contributed by atoms with Gasteiger partial charge in [0.25, 0.3) is 0 Å². The summed E-state index contributed by atoms with van der Waals surface area (Å²) in [6.45, 7) is 3.95. The average Bonchev–Trinajstić information content (AvgIpc) is 2.69. The number of nitrogen functional groups attached to an aromatic ring is 1. The van der Waals surface area contributed by atoms with Gasteiger partial charge in [0.15, 0.2) is 0 Å². The summed E-state index contributed by atoms with van der Waals surface area (Å²) in [6, 6.07) is 0. The van der Waals surface area contributed by atoms with Crippen molar-refractivity contribution in [2.45, 2.75) is 52.1 Å². The Kier molecular flexibility index (Phi) is 4.22. The van der Waals surface area contributed by atoms with E-state index in [2.05, 4.69) is 11.3 Å². The van der Waals surface area contributed by atoms with Crippen molar-refractivity contribution in [3.8, 4) is 0 Å². The van der Waals surface area contributed by atoms with Crippen molar-refractivity contribution in [1.29, 1.82) is 0 Å². The highest BCUT2D eigenvalue weighted by atomic mass is 32.1. The van der Waals surface area contributed by atoms with Crippen LogP contribution < -0.4 is 5.73 Å². The molecule has 2 atom stereocenters. The van der Waals surface area contributed by atoms with Crippen LogP contribution >= 0.6 is 11.5 Å². The Balaban J connectivity index is 2.06. The number of hydrogen-bond donors (Lipinski definition) is 1. The minimum absolute atomic E-state index is 0.0509. The maximum atomic E-state index is 12.1. The third kappa shape index (κ3) is 2.66. The second kappa shape index (κ2) is 5.69. The molecule has 1 aromatic heterocycles.